The Bertz CT molecular complexity index is 336. The zero-order valence-corrected chi connectivity index (χ0v) is 6.80. The van der Waals surface area contributed by atoms with Gasteiger partial charge in [0.15, 0.2) is 0 Å². The molecule has 0 saturated heterocycles. The zero-order valence-electron chi connectivity index (χ0n) is 5.98. The highest BCUT2D eigenvalue weighted by Gasteiger charge is 2.06. The Balaban J connectivity index is 3.20. The maximum atomic E-state index is 10.5. The Labute approximate surface area is 65.4 Å². The van der Waals surface area contributed by atoms with Crippen LogP contribution in [-0.4, -0.2) is 13.0 Å². The van der Waals surface area contributed by atoms with E-state index in [4.69, 9.17) is 4.55 Å². The summed E-state index contributed by atoms with van der Waals surface area (Å²) < 4.78 is 29.6. The van der Waals surface area contributed by atoms with Gasteiger partial charge in [-0.05, 0) is 19.1 Å². The van der Waals surface area contributed by atoms with E-state index in [1.54, 1.807) is 12.1 Å². The third kappa shape index (κ3) is 2.03. The largest absolute Gasteiger partial charge is 0.294 e. The summed E-state index contributed by atoms with van der Waals surface area (Å²) in [7, 11) is -4.02. The van der Waals surface area contributed by atoms with Crippen molar-refractivity contribution in [2.45, 2.75) is 11.8 Å². The van der Waals surface area contributed by atoms with Crippen LogP contribution in [0.5, 0.6) is 0 Å². The van der Waals surface area contributed by atoms with Gasteiger partial charge in [-0.2, -0.15) is 8.42 Å². The molecule has 0 heterocycles. The van der Waals surface area contributed by atoms with Crippen LogP contribution in [0.2, 0.25) is 0 Å². The molecule has 1 rings (SSSR count). The van der Waals surface area contributed by atoms with Crippen molar-refractivity contribution < 1.29 is 13.0 Å². The van der Waals surface area contributed by atoms with Crippen molar-refractivity contribution >= 4 is 10.1 Å². The van der Waals surface area contributed by atoms with Crippen molar-refractivity contribution in [2.24, 2.45) is 0 Å². The van der Waals surface area contributed by atoms with E-state index in [1.807, 2.05) is 6.92 Å². The minimum Gasteiger partial charge on any atom is -0.282 e. The second-order valence-corrected chi connectivity index (χ2v) is 3.71. The van der Waals surface area contributed by atoms with E-state index < -0.39 is 10.1 Å². The van der Waals surface area contributed by atoms with Crippen molar-refractivity contribution in [2.75, 3.05) is 0 Å². The molecule has 1 aromatic rings. The van der Waals surface area contributed by atoms with Crippen molar-refractivity contribution in [3.05, 3.63) is 29.8 Å². The van der Waals surface area contributed by atoms with Crippen LogP contribution in [0.3, 0.4) is 0 Å². The summed E-state index contributed by atoms with van der Waals surface area (Å²) in [5, 5.41) is 0. The molecule has 3 nitrogen and oxygen atoms in total. The molecule has 11 heavy (non-hydrogen) atoms. The van der Waals surface area contributed by atoms with Crippen LogP contribution in [0.4, 0.5) is 0 Å². The number of aryl methyl sites for hydroxylation is 1. The molecular formula is C7H8O3S. The van der Waals surface area contributed by atoms with Crippen molar-refractivity contribution in [3.63, 3.8) is 0 Å². The Kier molecular flexibility index (Phi) is 1.97. The fourth-order valence-electron chi connectivity index (χ4n) is 0.710. The van der Waals surface area contributed by atoms with Gasteiger partial charge in [-0.1, -0.05) is 17.7 Å². The summed E-state index contributed by atoms with van der Waals surface area (Å²) in [6.45, 7) is 1.84. The summed E-state index contributed by atoms with van der Waals surface area (Å²) >= 11 is 0. The van der Waals surface area contributed by atoms with Crippen LogP contribution in [0.1, 0.15) is 5.56 Å². The van der Waals surface area contributed by atoms with Crippen molar-refractivity contribution in [1.29, 1.82) is 0 Å². The third-order valence-corrected chi connectivity index (χ3v) is 2.19. The monoisotopic (exact) mass is 174 g/mol. The van der Waals surface area contributed by atoms with Gasteiger partial charge >= 0.3 is 0 Å². The normalized spacial score (nSPS) is 11.5. The van der Waals surface area contributed by atoms with E-state index in [1.165, 1.54) is 12.1 Å². The van der Waals surface area contributed by atoms with E-state index in [9.17, 15) is 8.42 Å². The van der Waals surface area contributed by atoms with Gasteiger partial charge in [-0.15, -0.1) is 0 Å². The van der Waals surface area contributed by atoms with Gasteiger partial charge in [0, 0.05) is 0 Å². The maximum absolute atomic E-state index is 10.5. The summed E-state index contributed by atoms with van der Waals surface area (Å²) in [5.74, 6) is 0. The second-order valence-electron chi connectivity index (χ2n) is 2.29. The topological polar surface area (TPSA) is 54.4 Å². The van der Waals surface area contributed by atoms with Crippen molar-refractivity contribution in [1.82, 2.24) is 0 Å². The predicted molar refractivity (Wildman–Crippen MR) is 41.0 cm³/mol. The van der Waals surface area contributed by atoms with Crippen molar-refractivity contribution in [3.8, 4) is 0 Å². The van der Waals surface area contributed by atoms with E-state index in [-0.39, 0.29) is 4.90 Å². The lowest BCUT2D eigenvalue weighted by Crippen LogP contribution is -1.96. The summed E-state index contributed by atoms with van der Waals surface area (Å²) in [5.41, 5.74) is 0.956. The highest BCUT2D eigenvalue weighted by Crippen LogP contribution is 2.08. The van der Waals surface area contributed by atoms with Crippen LogP contribution < -0.4 is 0 Å². The summed E-state index contributed by atoms with van der Waals surface area (Å²) in [6.07, 6.45) is 0. The highest BCUT2D eigenvalue weighted by atomic mass is 32.2. The minimum atomic E-state index is -4.02. The molecule has 0 bridgehead atoms. The Morgan fingerprint density at radius 1 is 1.36 bits per heavy atom. The van der Waals surface area contributed by atoms with Gasteiger partial charge in [-0.25, -0.2) is 0 Å². The highest BCUT2D eigenvalue weighted by molar-refractivity contribution is 7.85. The lowest BCUT2D eigenvalue weighted by molar-refractivity contribution is 0.483. The smallest absolute Gasteiger partial charge is 0.282 e. The molecule has 4 heteroatoms. The molecule has 0 amide bonds. The number of hydrogen-bond donors (Lipinski definition) is 1. The van der Waals surface area contributed by atoms with Gasteiger partial charge < -0.3 is 0 Å². The minimum absolute atomic E-state index is 0.0666. The van der Waals surface area contributed by atoms with Crippen LogP contribution in [0.25, 0.3) is 0 Å². The molecule has 0 saturated carbocycles. The molecule has 0 aliphatic carbocycles. The predicted octanol–water partition coefficient (Wildman–Crippen LogP) is 1.24. The first kappa shape index (κ1) is 8.23. The fourth-order valence-corrected chi connectivity index (χ4v) is 1.19. The SMILES string of the molecule is Cc1cc[14c](S(=O)(=O)O)cc1. The number of rotatable bonds is 1. The van der Waals surface area contributed by atoms with Gasteiger partial charge in [0.2, 0.25) is 0 Å². The summed E-state index contributed by atoms with van der Waals surface area (Å²) in [4.78, 5) is -0.0666. The first-order valence-corrected chi connectivity index (χ1v) is 4.48. The molecule has 0 aliphatic heterocycles. The Hall–Kier alpha value is -0.870. The Morgan fingerprint density at radius 2 is 1.82 bits per heavy atom. The molecule has 0 aromatic heterocycles. The van der Waals surface area contributed by atoms with Gasteiger partial charge in [-0.3, -0.25) is 4.55 Å². The van der Waals surface area contributed by atoms with Gasteiger partial charge in [0.25, 0.3) is 10.1 Å². The summed E-state index contributed by atoms with van der Waals surface area (Å²) in [6, 6.07) is 5.99. The molecule has 0 spiro atoms. The average Bonchev–Trinajstić information content (AvgIpc) is 1.86. The Morgan fingerprint density at radius 3 is 2.18 bits per heavy atom. The third-order valence-electron chi connectivity index (χ3n) is 1.32. The molecule has 0 atom stereocenters. The van der Waals surface area contributed by atoms with E-state index in [0.717, 1.165) is 5.56 Å². The first-order valence-electron chi connectivity index (χ1n) is 3.04. The number of hydrogen-bond acceptors (Lipinski definition) is 2. The lowest BCUT2D eigenvalue weighted by atomic mass is 10.3. The molecule has 1 aromatic carbocycles. The molecule has 60 valence electrons. The molecule has 0 radical (unpaired) electrons. The van der Waals surface area contributed by atoms with Crippen LogP contribution in [0, 0.1) is 6.92 Å². The fraction of sp³-hybridized carbons (Fsp3) is 0.143. The standard InChI is InChI=1S/C7H8O3S/c1-6-2-4-7(5-3-6)11(8,9)10/h2-5H,1H3,(H,8,9,10)/i7+2. The quantitative estimate of drug-likeness (QED) is 0.652. The lowest BCUT2D eigenvalue weighted by Gasteiger charge is -1.95. The second kappa shape index (κ2) is 2.64. The van der Waals surface area contributed by atoms with Crippen LogP contribution in [-0.2, 0) is 10.1 Å². The molecule has 1 N–H and O–H groups in total. The van der Waals surface area contributed by atoms with E-state index >= 15 is 0 Å². The van der Waals surface area contributed by atoms with E-state index in [2.05, 4.69) is 0 Å². The van der Waals surface area contributed by atoms with Gasteiger partial charge in [0.1, 0.15) is 0 Å². The van der Waals surface area contributed by atoms with Crippen LogP contribution in [0.15, 0.2) is 29.2 Å². The zero-order chi connectivity index (χ0) is 8.48. The molecular weight excluding hydrogens is 166 g/mol. The van der Waals surface area contributed by atoms with Gasteiger partial charge in [0.05, 0.1) is 4.90 Å². The number of benzene rings is 1. The molecule has 0 fully saturated rings. The average molecular weight is 174 g/mol. The van der Waals surface area contributed by atoms with E-state index in [0.29, 0.717) is 0 Å². The van der Waals surface area contributed by atoms with Crippen LogP contribution >= 0.6 is 0 Å². The molecule has 0 aliphatic rings. The molecule has 0 unspecified atom stereocenters. The maximum Gasteiger partial charge on any atom is 0.294 e. The first-order chi connectivity index (χ1) is 5.00.